The highest BCUT2D eigenvalue weighted by molar-refractivity contribution is 5.94. The Hall–Kier alpha value is -1.76. The first-order valence-electron chi connectivity index (χ1n) is 7.65. The Morgan fingerprint density at radius 1 is 1.26 bits per heavy atom. The number of piperidine rings is 1. The molecule has 0 aromatic heterocycles. The normalized spacial score (nSPS) is 18.5. The molecule has 1 aliphatic rings. The molecule has 23 heavy (non-hydrogen) atoms. The smallest absolute Gasteiger partial charge is 0.406 e. The van der Waals surface area contributed by atoms with E-state index < -0.39 is 6.36 Å². The van der Waals surface area contributed by atoms with Crippen LogP contribution in [0.3, 0.4) is 0 Å². The van der Waals surface area contributed by atoms with Crippen LogP contribution in [-0.2, 0) is 4.79 Å². The summed E-state index contributed by atoms with van der Waals surface area (Å²) in [5.74, 6) is 0.209. The Kier molecular flexibility index (Phi) is 5.51. The lowest BCUT2D eigenvalue weighted by molar-refractivity contribution is -0.274. The number of hydrogen-bond donors (Lipinski definition) is 1. The second kappa shape index (κ2) is 7.21. The van der Waals surface area contributed by atoms with Gasteiger partial charge in [0.2, 0.25) is 5.91 Å². The van der Waals surface area contributed by atoms with Crippen LogP contribution < -0.4 is 10.1 Å². The van der Waals surface area contributed by atoms with Crippen molar-refractivity contribution in [2.75, 3.05) is 18.4 Å². The van der Waals surface area contributed by atoms with Crippen LogP contribution in [0.2, 0.25) is 0 Å². The third kappa shape index (κ3) is 5.42. The van der Waals surface area contributed by atoms with E-state index in [-0.39, 0.29) is 17.7 Å². The number of amides is 1. The Morgan fingerprint density at radius 2 is 1.83 bits per heavy atom. The lowest BCUT2D eigenvalue weighted by atomic mass is 9.98. The molecule has 4 nitrogen and oxygen atoms in total. The van der Waals surface area contributed by atoms with Crippen LogP contribution >= 0.6 is 0 Å². The van der Waals surface area contributed by atoms with Gasteiger partial charge in [-0.2, -0.15) is 0 Å². The van der Waals surface area contributed by atoms with Gasteiger partial charge in [-0.15, -0.1) is 13.2 Å². The van der Waals surface area contributed by atoms with Crippen LogP contribution in [0.5, 0.6) is 5.75 Å². The van der Waals surface area contributed by atoms with Crippen molar-refractivity contribution >= 4 is 11.6 Å². The molecule has 1 atom stereocenters. The number of nitrogens with one attached hydrogen (secondary N) is 1. The number of carbonyl (C=O) groups is 1. The van der Waals surface area contributed by atoms with Crippen molar-refractivity contribution in [2.45, 2.75) is 39.1 Å². The number of alkyl halides is 3. The predicted molar refractivity (Wildman–Crippen MR) is 81.2 cm³/mol. The van der Waals surface area contributed by atoms with Gasteiger partial charge in [0.1, 0.15) is 5.75 Å². The summed E-state index contributed by atoms with van der Waals surface area (Å²) in [6, 6.07) is 4.87. The van der Waals surface area contributed by atoms with Gasteiger partial charge in [0, 0.05) is 5.69 Å². The highest BCUT2D eigenvalue weighted by atomic mass is 19.4. The zero-order chi connectivity index (χ0) is 17.0. The van der Waals surface area contributed by atoms with Gasteiger partial charge < -0.3 is 10.1 Å². The van der Waals surface area contributed by atoms with Crippen LogP contribution in [0.1, 0.15) is 26.7 Å². The summed E-state index contributed by atoms with van der Waals surface area (Å²) in [4.78, 5) is 14.4. The van der Waals surface area contributed by atoms with Gasteiger partial charge >= 0.3 is 6.36 Å². The fourth-order valence-electron chi connectivity index (χ4n) is 2.57. The molecule has 128 valence electrons. The molecule has 0 unspecified atom stereocenters. The van der Waals surface area contributed by atoms with Gasteiger partial charge in [-0.3, -0.25) is 9.69 Å². The first-order chi connectivity index (χ1) is 10.7. The molecular formula is C16H21F3N2O2. The molecule has 1 amide bonds. The summed E-state index contributed by atoms with van der Waals surface area (Å²) in [6.07, 6.45) is -2.58. The van der Waals surface area contributed by atoms with Gasteiger partial charge in [0.05, 0.1) is 6.04 Å². The van der Waals surface area contributed by atoms with E-state index in [1.165, 1.54) is 24.3 Å². The van der Waals surface area contributed by atoms with Crippen molar-refractivity contribution in [3.63, 3.8) is 0 Å². The Labute approximate surface area is 133 Å². The minimum absolute atomic E-state index is 0.163. The van der Waals surface area contributed by atoms with Gasteiger partial charge in [-0.25, -0.2) is 0 Å². The Bertz CT molecular complexity index is 523. The Morgan fingerprint density at radius 3 is 2.35 bits per heavy atom. The first kappa shape index (κ1) is 17.6. The SMILES string of the molecule is CC1CCN([C@H](C)C(=O)Nc2ccc(OC(F)(F)F)cc2)CC1. The lowest BCUT2D eigenvalue weighted by Crippen LogP contribution is -2.45. The molecule has 0 saturated carbocycles. The minimum atomic E-state index is -4.72. The van der Waals surface area contributed by atoms with Crippen LogP contribution in [0, 0.1) is 5.92 Å². The number of hydrogen-bond acceptors (Lipinski definition) is 3. The maximum Gasteiger partial charge on any atom is 0.573 e. The molecule has 1 aliphatic heterocycles. The van der Waals surface area contributed by atoms with Crippen molar-refractivity contribution in [3.8, 4) is 5.75 Å². The maximum atomic E-state index is 12.2. The number of nitrogens with zero attached hydrogens (tertiary/aromatic N) is 1. The largest absolute Gasteiger partial charge is 0.573 e. The summed E-state index contributed by atoms with van der Waals surface area (Å²) in [6.45, 7) is 5.81. The third-order valence-electron chi connectivity index (χ3n) is 4.10. The molecule has 0 radical (unpaired) electrons. The van der Waals surface area contributed by atoms with Crippen LogP contribution in [0.4, 0.5) is 18.9 Å². The summed E-state index contributed by atoms with van der Waals surface area (Å²) in [7, 11) is 0. The third-order valence-corrected chi connectivity index (χ3v) is 4.10. The maximum absolute atomic E-state index is 12.2. The van der Waals surface area contributed by atoms with E-state index >= 15 is 0 Å². The van der Waals surface area contributed by atoms with E-state index in [0.29, 0.717) is 11.6 Å². The van der Waals surface area contributed by atoms with Crippen LogP contribution in [-0.4, -0.2) is 36.3 Å². The van der Waals surface area contributed by atoms with Gasteiger partial charge in [-0.05, 0) is 63.0 Å². The number of likely N-dealkylation sites (tertiary alicyclic amines) is 1. The molecule has 0 bridgehead atoms. The molecular weight excluding hydrogens is 309 g/mol. The molecule has 0 spiro atoms. The van der Waals surface area contributed by atoms with Crippen molar-refractivity contribution < 1.29 is 22.7 Å². The summed E-state index contributed by atoms with van der Waals surface area (Å²) in [5, 5.41) is 2.72. The van der Waals surface area contributed by atoms with Crippen molar-refractivity contribution in [2.24, 2.45) is 5.92 Å². The molecule has 1 aromatic rings. The predicted octanol–water partition coefficient (Wildman–Crippen LogP) is 3.64. The second-order valence-electron chi connectivity index (χ2n) is 5.96. The highest BCUT2D eigenvalue weighted by Gasteiger charge is 2.31. The van der Waals surface area contributed by atoms with E-state index in [1.54, 1.807) is 0 Å². The Balaban J connectivity index is 1.89. The monoisotopic (exact) mass is 330 g/mol. The second-order valence-corrected chi connectivity index (χ2v) is 5.96. The van der Waals surface area contributed by atoms with Crippen molar-refractivity contribution in [1.29, 1.82) is 0 Å². The molecule has 1 fully saturated rings. The molecule has 2 rings (SSSR count). The number of halogens is 3. The van der Waals surface area contributed by atoms with E-state index in [1.807, 2.05) is 6.92 Å². The molecule has 1 N–H and O–H groups in total. The van der Waals surface area contributed by atoms with Gasteiger partial charge in [0.15, 0.2) is 0 Å². The molecule has 0 aliphatic carbocycles. The number of carbonyl (C=O) groups excluding carboxylic acids is 1. The molecule has 1 saturated heterocycles. The zero-order valence-electron chi connectivity index (χ0n) is 13.2. The first-order valence-corrected chi connectivity index (χ1v) is 7.65. The quantitative estimate of drug-likeness (QED) is 0.916. The number of ether oxygens (including phenoxy) is 1. The summed E-state index contributed by atoms with van der Waals surface area (Å²) in [5.41, 5.74) is 0.446. The minimum Gasteiger partial charge on any atom is -0.406 e. The molecule has 1 heterocycles. The van der Waals surface area contributed by atoms with Gasteiger partial charge in [-0.1, -0.05) is 6.92 Å². The van der Waals surface area contributed by atoms with Crippen molar-refractivity contribution in [1.82, 2.24) is 4.90 Å². The van der Waals surface area contributed by atoms with E-state index in [9.17, 15) is 18.0 Å². The lowest BCUT2D eigenvalue weighted by Gasteiger charge is -2.34. The standard InChI is InChI=1S/C16H21F3N2O2/c1-11-7-9-21(10-8-11)12(2)15(22)20-13-3-5-14(6-4-13)23-16(17,18)19/h3-6,11-12H,7-10H2,1-2H3,(H,20,22)/t12-/m1/s1. The summed E-state index contributed by atoms with van der Waals surface area (Å²) < 4.78 is 40.1. The van der Waals surface area contributed by atoms with E-state index in [0.717, 1.165) is 25.9 Å². The average Bonchev–Trinajstić information content (AvgIpc) is 2.48. The molecule has 7 heteroatoms. The highest BCUT2D eigenvalue weighted by Crippen LogP contribution is 2.24. The summed E-state index contributed by atoms with van der Waals surface area (Å²) >= 11 is 0. The van der Waals surface area contributed by atoms with E-state index in [4.69, 9.17) is 0 Å². The number of anilines is 1. The fraction of sp³-hybridized carbons (Fsp3) is 0.562. The average molecular weight is 330 g/mol. The van der Waals surface area contributed by atoms with Crippen LogP contribution in [0.25, 0.3) is 0 Å². The number of benzene rings is 1. The van der Waals surface area contributed by atoms with Crippen molar-refractivity contribution in [3.05, 3.63) is 24.3 Å². The zero-order valence-corrected chi connectivity index (χ0v) is 13.2. The molecule has 1 aromatic carbocycles. The van der Waals surface area contributed by atoms with Gasteiger partial charge in [0.25, 0.3) is 0 Å². The van der Waals surface area contributed by atoms with E-state index in [2.05, 4.69) is 21.9 Å². The van der Waals surface area contributed by atoms with Crippen LogP contribution in [0.15, 0.2) is 24.3 Å². The topological polar surface area (TPSA) is 41.6 Å². The number of rotatable bonds is 4. The fourth-order valence-corrected chi connectivity index (χ4v) is 2.57.